The zero-order valence-electron chi connectivity index (χ0n) is 13.2. The molecule has 0 spiro atoms. The molecule has 0 heterocycles. The molecular weight excluding hydrogens is 270 g/mol. The van der Waals surface area contributed by atoms with Gasteiger partial charge < -0.3 is 9.47 Å². The van der Waals surface area contributed by atoms with Crippen LogP contribution < -0.4 is 0 Å². The van der Waals surface area contributed by atoms with E-state index in [9.17, 15) is 9.59 Å². The molecule has 5 nitrogen and oxygen atoms in total. The number of ether oxygens (including phenoxy) is 2. The summed E-state index contributed by atoms with van der Waals surface area (Å²) in [6.07, 6.45) is 8.23. The second kappa shape index (κ2) is 13.4. The van der Waals surface area contributed by atoms with Crippen LogP contribution in [0.1, 0.15) is 64.7 Å². The van der Waals surface area contributed by atoms with Crippen molar-refractivity contribution in [2.24, 2.45) is 5.92 Å². The minimum atomic E-state index is -0.620. The summed E-state index contributed by atoms with van der Waals surface area (Å²) in [6.45, 7) is 2.06. The largest absolute Gasteiger partial charge is 0.469 e. The lowest BCUT2D eigenvalue weighted by Gasteiger charge is -2.07. The highest BCUT2D eigenvalue weighted by atomic mass is 16.5. The van der Waals surface area contributed by atoms with Crippen molar-refractivity contribution in [1.82, 2.24) is 0 Å². The van der Waals surface area contributed by atoms with Gasteiger partial charge in [0, 0.05) is 6.42 Å². The van der Waals surface area contributed by atoms with Crippen molar-refractivity contribution in [2.45, 2.75) is 64.7 Å². The lowest BCUT2D eigenvalue weighted by molar-refractivity contribution is -0.146. The van der Waals surface area contributed by atoms with Gasteiger partial charge in [0.05, 0.1) is 19.8 Å². The molecule has 0 aromatic carbocycles. The Hall–Kier alpha value is -1.57. The van der Waals surface area contributed by atoms with Gasteiger partial charge in [-0.25, -0.2) is 0 Å². The van der Waals surface area contributed by atoms with Crippen LogP contribution in [-0.2, 0) is 19.1 Å². The summed E-state index contributed by atoms with van der Waals surface area (Å²) in [4.78, 5) is 22.3. The molecule has 0 N–H and O–H groups in total. The Morgan fingerprint density at radius 2 is 1.62 bits per heavy atom. The fraction of sp³-hybridized carbons (Fsp3) is 0.812. The van der Waals surface area contributed by atoms with Crippen molar-refractivity contribution in [3.63, 3.8) is 0 Å². The van der Waals surface area contributed by atoms with E-state index in [1.165, 1.54) is 7.11 Å². The summed E-state index contributed by atoms with van der Waals surface area (Å²) >= 11 is 0. The zero-order valence-corrected chi connectivity index (χ0v) is 13.2. The molecule has 1 atom stereocenters. The monoisotopic (exact) mass is 297 g/mol. The molecule has 21 heavy (non-hydrogen) atoms. The van der Waals surface area contributed by atoms with Gasteiger partial charge in [0.25, 0.3) is 0 Å². The maximum absolute atomic E-state index is 11.4. The second-order valence-corrected chi connectivity index (χ2v) is 5.02. The van der Waals surface area contributed by atoms with Gasteiger partial charge in [-0.1, -0.05) is 38.5 Å². The van der Waals surface area contributed by atoms with Gasteiger partial charge in [-0.2, -0.15) is 5.26 Å². The van der Waals surface area contributed by atoms with Crippen LogP contribution in [0.25, 0.3) is 0 Å². The number of nitriles is 1. The zero-order chi connectivity index (χ0) is 15.9. The molecule has 0 aliphatic carbocycles. The van der Waals surface area contributed by atoms with E-state index in [-0.39, 0.29) is 5.97 Å². The van der Waals surface area contributed by atoms with Crippen molar-refractivity contribution in [3.8, 4) is 6.07 Å². The van der Waals surface area contributed by atoms with Gasteiger partial charge in [0.2, 0.25) is 0 Å². The molecule has 0 unspecified atom stereocenters. The Balaban J connectivity index is 3.45. The number of nitrogens with zero attached hydrogens (tertiary/aromatic N) is 1. The summed E-state index contributed by atoms with van der Waals surface area (Å²) in [7, 11) is 1.41. The number of rotatable bonds is 12. The maximum Gasteiger partial charge on any atom is 0.323 e. The van der Waals surface area contributed by atoms with Gasteiger partial charge in [-0.05, 0) is 19.8 Å². The normalized spacial score (nSPS) is 11.5. The quantitative estimate of drug-likeness (QED) is 0.408. The Bertz CT molecular complexity index is 336. The molecule has 0 radical (unpaired) electrons. The Morgan fingerprint density at radius 1 is 1.05 bits per heavy atom. The lowest BCUT2D eigenvalue weighted by Crippen LogP contribution is -2.16. The molecule has 0 bridgehead atoms. The van der Waals surface area contributed by atoms with Crippen molar-refractivity contribution < 1.29 is 19.1 Å². The molecular formula is C16H27NO4. The first-order valence-corrected chi connectivity index (χ1v) is 7.78. The first-order chi connectivity index (χ1) is 10.2. The molecule has 0 aromatic rings. The number of esters is 2. The number of hydrogen-bond acceptors (Lipinski definition) is 5. The van der Waals surface area contributed by atoms with Crippen LogP contribution in [0.3, 0.4) is 0 Å². The predicted octanol–water partition coefficient (Wildman–Crippen LogP) is 3.37. The molecule has 0 aliphatic heterocycles. The second-order valence-electron chi connectivity index (χ2n) is 5.02. The summed E-state index contributed by atoms with van der Waals surface area (Å²) in [5.41, 5.74) is 0. The number of carbonyl (C=O) groups is 2. The summed E-state index contributed by atoms with van der Waals surface area (Å²) in [6, 6.07) is 2.00. The van der Waals surface area contributed by atoms with E-state index in [2.05, 4.69) is 4.74 Å². The average molecular weight is 297 g/mol. The van der Waals surface area contributed by atoms with Gasteiger partial charge in [0.1, 0.15) is 5.92 Å². The van der Waals surface area contributed by atoms with E-state index in [4.69, 9.17) is 10.00 Å². The molecule has 0 rings (SSSR count). The Kier molecular flexibility index (Phi) is 12.4. The van der Waals surface area contributed by atoms with Crippen LogP contribution in [0, 0.1) is 17.2 Å². The molecule has 0 aromatic heterocycles. The van der Waals surface area contributed by atoms with Gasteiger partial charge >= 0.3 is 11.9 Å². The molecule has 5 heteroatoms. The van der Waals surface area contributed by atoms with E-state index < -0.39 is 11.9 Å². The van der Waals surface area contributed by atoms with Crippen molar-refractivity contribution >= 4 is 11.9 Å². The minimum absolute atomic E-state index is 0.142. The number of carbonyl (C=O) groups excluding carboxylic acids is 2. The first kappa shape index (κ1) is 19.4. The van der Waals surface area contributed by atoms with Gasteiger partial charge in [0.15, 0.2) is 0 Å². The number of hydrogen-bond donors (Lipinski definition) is 0. The molecule has 0 amide bonds. The van der Waals surface area contributed by atoms with Gasteiger partial charge in [-0.15, -0.1) is 0 Å². The molecule has 0 saturated heterocycles. The van der Waals surface area contributed by atoms with Gasteiger partial charge in [-0.3, -0.25) is 9.59 Å². The van der Waals surface area contributed by atoms with Crippen LogP contribution in [0.5, 0.6) is 0 Å². The van der Waals surface area contributed by atoms with E-state index in [1.807, 2.05) is 6.07 Å². The minimum Gasteiger partial charge on any atom is -0.469 e. The maximum atomic E-state index is 11.4. The lowest BCUT2D eigenvalue weighted by atomic mass is 10.0. The summed E-state index contributed by atoms with van der Waals surface area (Å²) < 4.78 is 9.42. The van der Waals surface area contributed by atoms with E-state index in [0.29, 0.717) is 19.4 Å². The number of unbranched alkanes of at least 4 members (excludes halogenated alkanes) is 6. The van der Waals surface area contributed by atoms with Crippen LogP contribution in [0.2, 0.25) is 0 Å². The summed E-state index contributed by atoms with van der Waals surface area (Å²) in [5, 5.41) is 8.90. The highest BCUT2D eigenvalue weighted by Crippen LogP contribution is 2.14. The molecule has 0 fully saturated rings. The topological polar surface area (TPSA) is 76.4 Å². The van der Waals surface area contributed by atoms with Crippen LogP contribution in [0.15, 0.2) is 0 Å². The van der Waals surface area contributed by atoms with E-state index >= 15 is 0 Å². The third-order valence-electron chi connectivity index (χ3n) is 3.33. The van der Waals surface area contributed by atoms with Crippen molar-refractivity contribution in [2.75, 3.05) is 13.7 Å². The first-order valence-electron chi connectivity index (χ1n) is 7.78. The Labute approximate surface area is 127 Å². The molecule has 0 saturated carbocycles. The molecule has 120 valence electrons. The van der Waals surface area contributed by atoms with Crippen LogP contribution in [0.4, 0.5) is 0 Å². The Morgan fingerprint density at radius 3 is 2.14 bits per heavy atom. The predicted molar refractivity (Wildman–Crippen MR) is 79.3 cm³/mol. The summed E-state index contributed by atoms with van der Waals surface area (Å²) in [5.74, 6) is -1.16. The fourth-order valence-corrected chi connectivity index (χ4v) is 2.08. The smallest absolute Gasteiger partial charge is 0.323 e. The highest BCUT2D eigenvalue weighted by molar-refractivity contribution is 5.75. The average Bonchev–Trinajstić information content (AvgIpc) is 2.49. The highest BCUT2D eigenvalue weighted by Gasteiger charge is 2.18. The third-order valence-corrected chi connectivity index (χ3v) is 3.33. The van der Waals surface area contributed by atoms with Crippen LogP contribution >= 0.6 is 0 Å². The fourth-order valence-electron chi connectivity index (χ4n) is 2.08. The molecule has 0 aliphatic rings. The van der Waals surface area contributed by atoms with Crippen LogP contribution in [-0.4, -0.2) is 25.7 Å². The van der Waals surface area contributed by atoms with E-state index in [0.717, 1.165) is 44.9 Å². The standard InChI is InChI=1S/C16H27NO4/c1-3-21-16(19)14(13-17)11-9-7-5-4-6-8-10-12-15(18)20-2/h14H,3-12H2,1-2H3/t14-/m0/s1. The SMILES string of the molecule is CCOC(=O)[C@H](C#N)CCCCCCCCCC(=O)OC. The number of methoxy groups -OCH3 is 1. The third kappa shape index (κ3) is 10.8. The van der Waals surface area contributed by atoms with Crippen molar-refractivity contribution in [1.29, 1.82) is 5.26 Å². The van der Waals surface area contributed by atoms with E-state index in [1.54, 1.807) is 6.92 Å². The van der Waals surface area contributed by atoms with Crippen molar-refractivity contribution in [3.05, 3.63) is 0 Å².